The number of hydrogen-bond donors (Lipinski definition) is 10. The van der Waals surface area contributed by atoms with Crippen molar-refractivity contribution in [2.45, 2.75) is 115 Å². The zero-order valence-electron chi connectivity index (χ0n) is 43.0. The molecular weight excluding hydrogens is 957 g/mol. The third-order valence-corrected chi connectivity index (χ3v) is 12.5. The van der Waals surface area contributed by atoms with E-state index in [0.29, 0.717) is 17.6 Å². The minimum Gasteiger partial charge on any atom is -0.480 e. The number of nitrogens with two attached hydrogens (primary N) is 2. The number of hydrogen-bond acceptors (Lipinski definition) is 11. The standard InChI is InChI=1S/C52H72N10O12/c1-29(26-30(2)41(74-8)28-36-18-13-10-14-19-36)21-22-37-31(3)44(64)59-39(50(70)71)23-24-42(63)62(7)34(6)47(67)56-33(5)46(66)60-40(27-35-16-11-9-12-17-35)49(69)61-43(51(72)73)32(4)45(65)58-38(48(68)57-37)20-15-25-55-52(53)54/h9-14,16-19,21-22,26,30-33,37-41,43H,6,15,20,23-25,27-28H2,1-5,7-8H3,(H,56,67)(H,57,68)(H,58,65)(H,59,64)(H,60,66)(H,61,69)(H,70,71)(H,72,73)(H4,53,54,55)/t30-,31-,32-,33+,37-,38-,39+,40-,41-,43+/m0/s1. The molecule has 22 heteroatoms. The summed E-state index contributed by atoms with van der Waals surface area (Å²) in [5, 5.41) is 35.7. The predicted molar refractivity (Wildman–Crippen MR) is 275 cm³/mol. The van der Waals surface area contributed by atoms with E-state index in [9.17, 15) is 53.4 Å². The maximum absolute atomic E-state index is 14.4. The summed E-state index contributed by atoms with van der Waals surface area (Å²) in [6.45, 7) is 11.4. The number of rotatable bonds is 15. The first kappa shape index (κ1) is 60.4. The van der Waals surface area contributed by atoms with Gasteiger partial charge in [-0.2, -0.15) is 0 Å². The van der Waals surface area contributed by atoms with E-state index in [2.05, 4.69) is 43.5 Å². The monoisotopic (exact) mass is 1030 g/mol. The highest BCUT2D eigenvalue weighted by molar-refractivity contribution is 6.00. The molecule has 7 amide bonds. The van der Waals surface area contributed by atoms with Crippen molar-refractivity contribution in [1.29, 1.82) is 0 Å². The fourth-order valence-corrected chi connectivity index (χ4v) is 7.81. The number of benzene rings is 2. The van der Waals surface area contributed by atoms with Crippen molar-refractivity contribution >= 4 is 59.2 Å². The molecule has 10 atom stereocenters. The number of aliphatic carboxylic acids is 2. The van der Waals surface area contributed by atoms with Crippen molar-refractivity contribution in [3.8, 4) is 0 Å². The van der Waals surface area contributed by atoms with E-state index in [4.69, 9.17) is 16.2 Å². The van der Waals surface area contributed by atoms with Gasteiger partial charge < -0.3 is 63.2 Å². The van der Waals surface area contributed by atoms with Crippen molar-refractivity contribution in [2.75, 3.05) is 20.7 Å². The van der Waals surface area contributed by atoms with Crippen molar-refractivity contribution in [2.24, 2.45) is 34.2 Å². The number of carbonyl (C=O) groups excluding carboxylic acids is 7. The lowest BCUT2D eigenvalue weighted by Gasteiger charge is -2.28. The van der Waals surface area contributed by atoms with Crippen LogP contribution in [0.15, 0.2) is 102 Å². The molecule has 22 nitrogen and oxygen atoms in total. The number of ether oxygens (including phenoxy) is 1. The van der Waals surface area contributed by atoms with Crippen molar-refractivity contribution in [3.05, 3.63) is 108 Å². The van der Waals surface area contributed by atoms with Gasteiger partial charge in [0.15, 0.2) is 5.96 Å². The first-order valence-corrected chi connectivity index (χ1v) is 24.2. The molecule has 1 fully saturated rings. The smallest absolute Gasteiger partial charge is 0.327 e. The van der Waals surface area contributed by atoms with Crippen molar-refractivity contribution in [3.63, 3.8) is 0 Å². The molecule has 2 aromatic carbocycles. The van der Waals surface area contributed by atoms with E-state index in [-0.39, 0.29) is 43.8 Å². The Morgan fingerprint density at radius 2 is 1.38 bits per heavy atom. The van der Waals surface area contributed by atoms with E-state index in [1.165, 1.54) is 33.9 Å². The summed E-state index contributed by atoms with van der Waals surface area (Å²) < 4.78 is 5.82. The Labute approximate surface area is 431 Å². The molecule has 0 saturated carbocycles. The molecule has 0 aliphatic carbocycles. The Morgan fingerprint density at radius 3 is 1.96 bits per heavy atom. The van der Waals surface area contributed by atoms with Crippen LogP contribution in [0, 0.1) is 17.8 Å². The van der Waals surface area contributed by atoms with E-state index in [1.807, 2.05) is 43.3 Å². The first-order chi connectivity index (χ1) is 34.9. The Bertz CT molecular complexity index is 2410. The van der Waals surface area contributed by atoms with Crippen LogP contribution in [0.4, 0.5) is 0 Å². The molecule has 1 heterocycles. The number of carboxylic acids is 2. The predicted octanol–water partition coefficient (Wildman–Crippen LogP) is 0.815. The Morgan fingerprint density at radius 1 is 0.797 bits per heavy atom. The zero-order valence-corrected chi connectivity index (χ0v) is 43.0. The number of allylic oxidation sites excluding steroid dienone is 2. The van der Waals surface area contributed by atoms with Gasteiger partial charge >= 0.3 is 11.9 Å². The molecule has 3 rings (SSSR count). The second-order valence-electron chi connectivity index (χ2n) is 18.3. The van der Waals surface area contributed by atoms with Gasteiger partial charge in [-0.15, -0.1) is 0 Å². The van der Waals surface area contributed by atoms with Crippen LogP contribution in [0.5, 0.6) is 0 Å². The average Bonchev–Trinajstić information content (AvgIpc) is 3.36. The van der Waals surface area contributed by atoms with Crippen LogP contribution < -0.4 is 43.4 Å². The molecule has 1 aliphatic heterocycles. The molecule has 402 valence electrons. The quantitative estimate of drug-likeness (QED) is 0.0388. The van der Waals surface area contributed by atoms with Crippen LogP contribution in [0.25, 0.3) is 0 Å². The molecule has 0 unspecified atom stereocenters. The van der Waals surface area contributed by atoms with E-state index in [1.54, 1.807) is 50.4 Å². The molecule has 1 aliphatic rings. The maximum Gasteiger partial charge on any atom is 0.327 e. The largest absolute Gasteiger partial charge is 0.480 e. The van der Waals surface area contributed by atoms with Gasteiger partial charge in [0.25, 0.3) is 5.91 Å². The normalized spacial score (nSPS) is 24.6. The molecule has 0 bridgehead atoms. The van der Waals surface area contributed by atoms with Crippen LogP contribution >= 0.6 is 0 Å². The topological polar surface area (TPSA) is 343 Å². The minimum atomic E-state index is -1.92. The van der Waals surface area contributed by atoms with Gasteiger partial charge in [0.2, 0.25) is 35.4 Å². The minimum absolute atomic E-state index is 0.0161. The fraction of sp³-hybridized carbons (Fsp3) is 0.462. The Balaban J connectivity index is 2.14. The highest BCUT2D eigenvalue weighted by Crippen LogP contribution is 2.19. The second kappa shape index (κ2) is 29.6. The van der Waals surface area contributed by atoms with Gasteiger partial charge in [-0.3, -0.25) is 38.6 Å². The van der Waals surface area contributed by atoms with Crippen molar-refractivity contribution in [1.82, 2.24) is 36.8 Å². The summed E-state index contributed by atoms with van der Waals surface area (Å²) in [5.41, 5.74) is 12.9. The van der Waals surface area contributed by atoms with Gasteiger partial charge in [0, 0.05) is 39.5 Å². The number of nitrogens with zero attached hydrogens (tertiary/aromatic N) is 2. The van der Waals surface area contributed by atoms with E-state index < -0.39 is 120 Å². The Hall–Kier alpha value is -7.88. The number of guanidine groups is 1. The van der Waals surface area contributed by atoms with Crippen molar-refractivity contribution < 1.29 is 58.1 Å². The number of aliphatic imine (C=N–C) groups is 1. The lowest BCUT2D eigenvalue weighted by atomic mass is 9.94. The number of methoxy groups -OCH3 is 1. The Kier molecular flexibility index (Phi) is 24.2. The molecule has 0 radical (unpaired) electrons. The fourth-order valence-electron chi connectivity index (χ4n) is 7.81. The highest BCUT2D eigenvalue weighted by Gasteiger charge is 2.37. The van der Waals surface area contributed by atoms with Gasteiger partial charge in [0.1, 0.15) is 35.9 Å². The molecular formula is C52H72N10O12. The van der Waals surface area contributed by atoms with Gasteiger partial charge in [0.05, 0.1) is 24.0 Å². The van der Waals surface area contributed by atoms with Crippen LogP contribution in [-0.4, -0.2) is 137 Å². The van der Waals surface area contributed by atoms with E-state index in [0.717, 1.165) is 10.5 Å². The lowest BCUT2D eigenvalue weighted by Crippen LogP contribution is -2.59. The lowest BCUT2D eigenvalue weighted by molar-refractivity contribution is -0.146. The number of likely N-dealkylation sites (N-methyl/N-ethyl adjacent to an activating group) is 1. The second-order valence-corrected chi connectivity index (χ2v) is 18.3. The number of amides is 7. The molecule has 1 saturated heterocycles. The SMILES string of the molecule is C=C1C(=O)N[C@H](C)C(=O)N[C@@H](Cc2ccccc2)C(=O)N[C@@H](C(=O)O)[C@H](C)C(=O)N[C@@H](CCCN=C(N)N)C(=O)N[C@@H](C=CC(C)=C[C@H](C)[C@H](Cc2ccccc2)OC)[C@H](C)C(=O)N[C@@H](C(=O)O)CCC(=O)N1C. The van der Waals surface area contributed by atoms with Gasteiger partial charge in [-0.05, 0) is 50.7 Å². The molecule has 74 heavy (non-hydrogen) atoms. The number of carbonyl (C=O) groups is 9. The average molecular weight is 1030 g/mol. The number of nitrogens with one attached hydrogen (secondary N) is 6. The van der Waals surface area contributed by atoms with Crippen LogP contribution in [-0.2, 0) is 60.7 Å². The molecule has 2 aromatic rings. The maximum atomic E-state index is 14.4. The third kappa shape index (κ3) is 19.3. The van der Waals surface area contributed by atoms with Gasteiger partial charge in [-0.1, -0.05) is 112 Å². The van der Waals surface area contributed by atoms with Crippen LogP contribution in [0.3, 0.4) is 0 Å². The summed E-state index contributed by atoms with van der Waals surface area (Å²) in [6.07, 6.45) is 4.42. The van der Waals surface area contributed by atoms with Crippen LogP contribution in [0.2, 0.25) is 0 Å². The van der Waals surface area contributed by atoms with E-state index >= 15 is 0 Å². The molecule has 0 spiro atoms. The van der Waals surface area contributed by atoms with Crippen LogP contribution in [0.1, 0.15) is 71.4 Å². The summed E-state index contributed by atoms with van der Waals surface area (Å²) in [5.74, 6) is -12.6. The molecule has 0 aromatic heterocycles. The number of carboxylic acid groups (broad SMARTS) is 2. The molecule has 12 N–H and O–H groups in total. The summed E-state index contributed by atoms with van der Waals surface area (Å²) >= 11 is 0. The summed E-state index contributed by atoms with van der Waals surface area (Å²) in [6, 6.07) is 9.17. The summed E-state index contributed by atoms with van der Waals surface area (Å²) in [4.78, 5) is 127. The first-order valence-electron chi connectivity index (χ1n) is 24.2. The summed E-state index contributed by atoms with van der Waals surface area (Å²) in [7, 11) is 2.82. The highest BCUT2D eigenvalue weighted by atomic mass is 16.5. The third-order valence-electron chi connectivity index (χ3n) is 12.5. The zero-order chi connectivity index (χ0) is 55.2. The van der Waals surface area contributed by atoms with Gasteiger partial charge in [-0.25, -0.2) is 9.59 Å².